The highest BCUT2D eigenvalue weighted by molar-refractivity contribution is 6.41. The normalized spacial score (nSPS) is 10.2. The van der Waals surface area contributed by atoms with E-state index in [4.69, 9.17) is 16.3 Å². The molecule has 0 aliphatic carbocycles. The summed E-state index contributed by atoms with van der Waals surface area (Å²) in [6, 6.07) is 24.4. The number of carbonyl (C=O) groups is 2. The minimum Gasteiger partial charge on any atom is -0.492 e. The number of para-hydroxylation sites is 1. The van der Waals surface area contributed by atoms with E-state index in [-0.39, 0.29) is 13.2 Å². The Morgan fingerprint density at radius 2 is 1.43 bits per heavy atom. The summed E-state index contributed by atoms with van der Waals surface area (Å²) in [6.07, 6.45) is 0. The standard InChI is InChI=1S/C22H19ClN2O3/c23-19-8-4-5-9-20(19)25-22(27)21(26)24-14-15-28-18-12-10-17(11-13-18)16-6-2-1-3-7-16/h1-13H,14-15H2,(H,24,26)(H,25,27). The molecule has 0 saturated heterocycles. The summed E-state index contributed by atoms with van der Waals surface area (Å²) in [7, 11) is 0. The molecule has 0 heterocycles. The maximum absolute atomic E-state index is 11.9. The maximum Gasteiger partial charge on any atom is 0.313 e. The van der Waals surface area contributed by atoms with Gasteiger partial charge in [0, 0.05) is 0 Å². The van der Waals surface area contributed by atoms with Gasteiger partial charge in [0.1, 0.15) is 12.4 Å². The molecule has 6 heteroatoms. The van der Waals surface area contributed by atoms with E-state index in [2.05, 4.69) is 10.6 Å². The Bertz CT molecular complexity index is 944. The van der Waals surface area contributed by atoms with Gasteiger partial charge >= 0.3 is 11.8 Å². The largest absolute Gasteiger partial charge is 0.492 e. The molecule has 3 aromatic rings. The summed E-state index contributed by atoms with van der Waals surface area (Å²) in [4.78, 5) is 23.7. The summed E-state index contributed by atoms with van der Waals surface area (Å²) in [5, 5.41) is 5.34. The van der Waals surface area contributed by atoms with Crippen LogP contribution in [0, 0.1) is 0 Å². The summed E-state index contributed by atoms with van der Waals surface area (Å²) in [5.74, 6) is -0.835. The lowest BCUT2D eigenvalue weighted by molar-refractivity contribution is -0.136. The summed E-state index contributed by atoms with van der Waals surface area (Å²) >= 11 is 5.95. The summed E-state index contributed by atoms with van der Waals surface area (Å²) in [6.45, 7) is 0.449. The maximum atomic E-state index is 11.9. The Hall–Kier alpha value is -3.31. The molecule has 3 aromatic carbocycles. The molecule has 0 spiro atoms. The predicted molar refractivity (Wildman–Crippen MR) is 110 cm³/mol. The van der Waals surface area contributed by atoms with Crippen LogP contribution in [-0.2, 0) is 9.59 Å². The highest BCUT2D eigenvalue weighted by atomic mass is 35.5. The van der Waals surface area contributed by atoms with Gasteiger partial charge in [-0.3, -0.25) is 9.59 Å². The Labute approximate surface area is 168 Å². The van der Waals surface area contributed by atoms with Crippen LogP contribution in [0.3, 0.4) is 0 Å². The molecule has 0 aliphatic heterocycles. The van der Waals surface area contributed by atoms with Crippen molar-refractivity contribution in [1.82, 2.24) is 5.32 Å². The summed E-state index contributed by atoms with van der Waals surface area (Å²) < 4.78 is 5.60. The average molecular weight is 395 g/mol. The van der Waals surface area contributed by atoms with Crippen molar-refractivity contribution in [2.24, 2.45) is 0 Å². The van der Waals surface area contributed by atoms with Crippen LogP contribution in [0.2, 0.25) is 5.02 Å². The SMILES string of the molecule is O=C(NCCOc1ccc(-c2ccccc2)cc1)C(=O)Nc1ccccc1Cl. The Kier molecular flexibility index (Phi) is 6.65. The third-order valence-electron chi connectivity index (χ3n) is 3.95. The Morgan fingerprint density at radius 3 is 2.14 bits per heavy atom. The van der Waals surface area contributed by atoms with Crippen LogP contribution in [0.4, 0.5) is 5.69 Å². The van der Waals surface area contributed by atoms with Gasteiger partial charge in [0.2, 0.25) is 0 Å². The topological polar surface area (TPSA) is 67.4 Å². The third kappa shape index (κ3) is 5.34. The molecule has 0 bridgehead atoms. The van der Waals surface area contributed by atoms with Crippen molar-refractivity contribution in [2.45, 2.75) is 0 Å². The van der Waals surface area contributed by atoms with E-state index in [1.165, 1.54) is 0 Å². The number of hydrogen-bond donors (Lipinski definition) is 2. The quantitative estimate of drug-likeness (QED) is 0.487. The number of ether oxygens (including phenoxy) is 1. The number of nitrogens with one attached hydrogen (secondary N) is 2. The van der Waals surface area contributed by atoms with Gasteiger partial charge in [0.25, 0.3) is 0 Å². The van der Waals surface area contributed by atoms with Crippen molar-refractivity contribution < 1.29 is 14.3 Å². The zero-order valence-corrected chi connectivity index (χ0v) is 15.8. The van der Waals surface area contributed by atoms with Crippen LogP contribution in [0.15, 0.2) is 78.9 Å². The van der Waals surface area contributed by atoms with Gasteiger partial charge in [-0.2, -0.15) is 0 Å². The molecule has 0 unspecified atom stereocenters. The fourth-order valence-corrected chi connectivity index (χ4v) is 2.71. The molecule has 0 aromatic heterocycles. The lowest BCUT2D eigenvalue weighted by atomic mass is 10.1. The van der Waals surface area contributed by atoms with E-state index in [9.17, 15) is 9.59 Å². The number of hydrogen-bond acceptors (Lipinski definition) is 3. The first kappa shape index (κ1) is 19.5. The van der Waals surface area contributed by atoms with E-state index in [0.29, 0.717) is 16.5 Å². The lowest BCUT2D eigenvalue weighted by Crippen LogP contribution is -2.37. The molecular formula is C22H19ClN2O3. The number of halogens is 1. The minimum absolute atomic E-state index is 0.204. The molecule has 5 nitrogen and oxygen atoms in total. The van der Waals surface area contributed by atoms with Gasteiger partial charge < -0.3 is 15.4 Å². The molecule has 2 N–H and O–H groups in total. The molecule has 142 valence electrons. The Balaban J connectivity index is 1.42. The van der Waals surface area contributed by atoms with Crippen molar-refractivity contribution in [3.63, 3.8) is 0 Å². The van der Waals surface area contributed by atoms with Crippen molar-refractivity contribution in [3.05, 3.63) is 83.9 Å². The van der Waals surface area contributed by atoms with Crippen LogP contribution in [0.1, 0.15) is 0 Å². The van der Waals surface area contributed by atoms with Crippen molar-refractivity contribution in [2.75, 3.05) is 18.5 Å². The first-order valence-corrected chi connectivity index (χ1v) is 9.13. The van der Waals surface area contributed by atoms with Crippen molar-refractivity contribution in [3.8, 4) is 16.9 Å². The third-order valence-corrected chi connectivity index (χ3v) is 4.28. The second-order valence-electron chi connectivity index (χ2n) is 5.93. The van der Waals surface area contributed by atoms with Crippen molar-refractivity contribution in [1.29, 1.82) is 0 Å². The number of rotatable bonds is 6. The zero-order chi connectivity index (χ0) is 19.8. The van der Waals surface area contributed by atoms with E-state index in [0.717, 1.165) is 11.1 Å². The highest BCUT2D eigenvalue weighted by Crippen LogP contribution is 2.22. The molecule has 0 fully saturated rings. The van der Waals surface area contributed by atoms with E-state index in [1.807, 2.05) is 54.6 Å². The first-order valence-electron chi connectivity index (χ1n) is 8.75. The molecule has 2 amide bonds. The van der Waals surface area contributed by atoms with Gasteiger partial charge in [-0.05, 0) is 35.4 Å². The fraction of sp³-hybridized carbons (Fsp3) is 0.0909. The molecule has 3 rings (SSSR count). The second-order valence-corrected chi connectivity index (χ2v) is 6.34. The van der Waals surface area contributed by atoms with Gasteiger partial charge in [0.15, 0.2) is 0 Å². The second kappa shape index (κ2) is 9.58. The van der Waals surface area contributed by atoms with Gasteiger partial charge in [-0.25, -0.2) is 0 Å². The van der Waals surface area contributed by atoms with E-state index in [1.54, 1.807) is 24.3 Å². The Morgan fingerprint density at radius 1 is 0.786 bits per heavy atom. The van der Waals surface area contributed by atoms with E-state index < -0.39 is 11.8 Å². The molecule has 0 aliphatic rings. The number of benzene rings is 3. The van der Waals surface area contributed by atoms with E-state index >= 15 is 0 Å². The fourth-order valence-electron chi connectivity index (χ4n) is 2.53. The van der Waals surface area contributed by atoms with Crippen LogP contribution < -0.4 is 15.4 Å². The number of anilines is 1. The monoisotopic (exact) mass is 394 g/mol. The number of amides is 2. The highest BCUT2D eigenvalue weighted by Gasteiger charge is 2.14. The van der Waals surface area contributed by atoms with Crippen molar-refractivity contribution >= 4 is 29.1 Å². The molecule has 0 atom stereocenters. The number of carbonyl (C=O) groups excluding carboxylic acids is 2. The minimum atomic E-state index is -0.777. The van der Waals surface area contributed by atoms with Crippen LogP contribution >= 0.6 is 11.6 Å². The molecular weight excluding hydrogens is 376 g/mol. The zero-order valence-electron chi connectivity index (χ0n) is 15.0. The lowest BCUT2D eigenvalue weighted by Gasteiger charge is -2.09. The van der Waals surface area contributed by atoms with Gasteiger partial charge in [-0.15, -0.1) is 0 Å². The predicted octanol–water partition coefficient (Wildman–Crippen LogP) is 4.14. The van der Waals surface area contributed by atoms with Crippen LogP contribution in [0.25, 0.3) is 11.1 Å². The van der Waals surface area contributed by atoms with Gasteiger partial charge in [-0.1, -0.05) is 66.2 Å². The van der Waals surface area contributed by atoms with Gasteiger partial charge in [0.05, 0.1) is 17.3 Å². The molecule has 28 heavy (non-hydrogen) atoms. The molecule has 0 radical (unpaired) electrons. The summed E-state index contributed by atoms with van der Waals surface area (Å²) in [5.41, 5.74) is 2.61. The van der Waals surface area contributed by atoms with Crippen LogP contribution in [0.5, 0.6) is 5.75 Å². The first-order chi connectivity index (χ1) is 13.6. The molecule has 0 saturated carbocycles. The average Bonchev–Trinajstić information content (AvgIpc) is 2.73. The van der Waals surface area contributed by atoms with Crippen LogP contribution in [-0.4, -0.2) is 25.0 Å². The smallest absolute Gasteiger partial charge is 0.313 e.